The number of nitrogens with zero attached hydrogens (tertiary/aromatic N) is 2. The smallest absolute Gasteiger partial charge is 0.259 e. The van der Waals surface area contributed by atoms with Crippen molar-refractivity contribution in [1.82, 2.24) is 10.5 Å². The lowest BCUT2D eigenvalue weighted by molar-refractivity contribution is 0.0169. The van der Waals surface area contributed by atoms with E-state index in [9.17, 15) is 9.18 Å². The molecule has 1 amide bonds. The number of amides is 1. The molecule has 0 saturated carbocycles. The number of ether oxygens (including phenoxy) is 2. The molecule has 1 aliphatic rings. The van der Waals surface area contributed by atoms with Gasteiger partial charge in [-0.1, -0.05) is 5.16 Å². The maximum atomic E-state index is 13.7. The van der Waals surface area contributed by atoms with E-state index in [4.69, 9.17) is 14.0 Å². The topological polar surface area (TPSA) is 76.8 Å². The number of carbonyl (C=O) groups is 1. The summed E-state index contributed by atoms with van der Waals surface area (Å²) in [4.78, 5) is 14.6. The predicted molar refractivity (Wildman–Crippen MR) is 98.7 cm³/mol. The molecule has 1 saturated heterocycles. The Morgan fingerprint density at radius 3 is 2.89 bits per heavy atom. The highest BCUT2D eigenvalue weighted by Gasteiger charge is 2.27. The van der Waals surface area contributed by atoms with Crippen molar-refractivity contribution in [2.45, 2.75) is 25.4 Å². The second-order valence-electron chi connectivity index (χ2n) is 6.65. The molecule has 0 spiro atoms. The molecule has 1 aliphatic heterocycles. The Balaban J connectivity index is 1.88. The number of hydrogen-bond donors (Lipinski definition) is 1. The van der Waals surface area contributed by atoms with Crippen molar-refractivity contribution in [2.75, 3.05) is 39.3 Å². The average molecular weight is 377 g/mol. The van der Waals surface area contributed by atoms with Gasteiger partial charge in [0, 0.05) is 32.8 Å². The third-order valence-electron chi connectivity index (χ3n) is 4.50. The van der Waals surface area contributed by atoms with Crippen LogP contribution in [0.1, 0.15) is 29.6 Å². The van der Waals surface area contributed by atoms with Gasteiger partial charge in [-0.2, -0.15) is 0 Å². The van der Waals surface area contributed by atoms with Crippen molar-refractivity contribution in [3.8, 4) is 17.1 Å². The number of anilines is 1. The number of halogens is 1. The minimum atomic E-state index is -0.492. The van der Waals surface area contributed by atoms with Gasteiger partial charge >= 0.3 is 0 Å². The van der Waals surface area contributed by atoms with Gasteiger partial charge in [-0.3, -0.25) is 4.79 Å². The summed E-state index contributed by atoms with van der Waals surface area (Å²) in [6.07, 6.45) is 3.08. The molecule has 7 nitrogen and oxygen atoms in total. The second kappa shape index (κ2) is 8.39. The van der Waals surface area contributed by atoms with Gasteiger partial charge in [-0.15, -0.1) is 0 Å². The maximum absolute atomic E-state index is 13.7. The first-order valence-electron chi connectivity index (χ1n) is 8.92. The summed E-state index contributed by atoms with van der Waals surface area (Å²) in [6, 6.07) is 4.28. The van der Waals surface area contributed by atoms with Crippen LogP contribution < -0.4 is 15.0 Å². The fraction of sp³-hybridized carbons (Fsp3) is 0.474. The maximum Gasteiger partial charge on any atom is 0.259 e. The van der Waals surface area contributed by atoms with Gasteiger partial charge in [0.25, 0.3) is 5.91 Å². The molecular formula is C19H24FN3O4. The molecule has 1 N–H and O–H groups in total. The van der Waals surface area contributed by atoms with Crippen LogP contribution in [-0.4, -0.2) is 51.5 Å². The fourth-order valence-corrected chi connectivity index (χ4v) is 3.05. The second-order valence-corrected chi connectivity index (χ2v) is 6.65. The average Bonchev–Trinajstić information content (AvgIpc) is 3.13. The number of hydrogen-bond acceptors (Lipinski definition) is 6. The van der Waals surface area contributed by atoms with E-state index in [1.54, 1.807) is 19.0 Å². The van der Waals surface area contributed by atoms with Crippen LogP contribution in [0.4, 0.5) is 10.2 Å². The molecule has 1 aromatic heterocycles. The third-order valence-corrected chi connectivity index (χ3v) is 4.50. The van der Waals surface area contributed by atoms with E-state index in [0.717, 1.165) is 25.9 Å². The van der Waals surface area contributed by atoms with E-state index in [0.29, 0.717) is 23.5 Å². The monoisotopic (exact) mass is 377 g/mol. The molecule has 0 bridgehead atoms. The van der Waals surface area contributed by atoms with Gasteiger partial charge < -0.3 is 24.2 Å². The van der Waals surface area contributed by atoms with Crippen LogP contribution >= 0.6 is 0 Å². The van der Waals surface area contributed by atoms with E-state index in [1.807, 2.05) is 0 Å². The summed E-state index contributed by atoms with van der Waals surface area (Å²) >= 11 is 0. The van der Waals surface area contributed by atoms with Gasteiger partial charge in [0.05, 0.1) is 13.2 Å². The molecule has 8 heteroatoms. The first kappa shape index (κ1) is 19.2. The Morgan fingerprint density at radius 2 is 2.22 bits per heavy atom. The van der Waals surface area contributed by atoms with Gasteiger partial charge in [0.2, 0.25) is 0 Å². The Bertz CT molecular complexity index is 800. The van der Waals surface area contributed by atoms with Crippen molar-refractivity contribution in [3.05, 3.63) is 29.6 Å². The minimum absolute atomic E-state index is 0.0136. The first-order valence-corrected chi connectivity index (χ1v) is 8.92. The predicted octanol–water partition coefficient (Wildman–Crippen LogP) is 2.85. The van der Waals surface area contributed by atoms with Crippen molar-refractivity contribution in [1.29, 1.82) is 0 Å². The zero-order chi connectivity index (χ0) is 19.4. The Kier molecular flexibility index (Phi) is 5.95. The standard InChI is InChI=1S/C19H24FN3O4/c1-23(2)18-16(19(24)21-11-13-6-4-5-9-26-13)17(27-22-18)12-7-8-14(20)15(10-12)25-3/h7-8,10,13H,4-6,9,11H2,1-3H3,(H,21,24). The van der Waals surface area contributed by atoms with E-state index in [-0.39, 0.29) is 23.5 Å². The van der Waals surface area contributed by atoms with Crippen LogP contribution in [0.25, 0.3) is 11.3 Å². The van der Waals surface area contributed by atoms with Gasteiger partial charge in [-0.05, 0) is 37.5 Å². The quantitative estimate of drug-likeness (QED) is 0.834. The number of carbonyl (C=O) groups excluding carboxylic acids is 1. The number of aromatic nitrogens is 1. The highest BCUT2D eigenvalue weighted by molar-refractivity contribution is 6.04. The summed E-state index contributed by atoms with van der Waals surface area (Å²) < 4.78 is 29.8. The third kappa shape index (κ3) is 4.21. The lowest BCUT2D eigenvalue weighted by atomic mass is 10.1. The lowest BCUT2D eigenvalue weighted by Gasteiger charge is -2.22. The molecule has 2 heterocycles. The molecule has 0 aliphatic carbocycles. The van der Waals surface area contributed by atoms with E-state index in [2.05, 4.69) is 10.5 Å². The first-order chi connectivity index (χ1) is 13.0. The largest absolute Gasteiger partial charge is 0.494 e. The molecule has 0 radical (unpaired) electrons. The Labute approximate surface area is 157 Å². The van der Waals surface area contributed by atoms with Crippen LogP contribution in [0, 0.1) is 5.82 Å². The molecule has 27 heavy (non-hydrogen) atoms. The molecule has 1 fully saturated rings. The zero-order valence-corrected chi connectivity index (χ0v) is 15.8. The molecule has 146 valence electrons. The van der Waals surface area contributed by atoms with Crippen molar-refractivity contribution in [2.24, 2.45) is 0 Å². The van der Waals surface area contributed by atoms with Crippen LogP contribution in [0.15, 0.2) is 22.7 Å². The van der Waals surface area contributed by atoms with Crippen molar-refractivity contribution < 1.29 is 23.2 Å². The zero-order valence-electron chi connectivity index (χ0n) is 15.8. The van der Waals surface area contributed by atoms with Crippen LogP contribution in [0.2, 0.25) is 0 Å². The Morgan fingerprint density at radius 1 is 1.41 bits per heavy atom. The van der Waals surface area contributed by atoms with E-state index < -0.39 is 5.82 Å². The summed E-state index contributed by atoms with van der Waals surface area (Å²) in [5, 5.41) is 6.91. The van der Waals surface area contributed by atoms with Crippen molar-refractivity contribution >= 4 is 11.7 Å². The lowest BCUT2D eigenvalue weighted by Crippen LogP contribution is -2.36. The summed E-state index contributed by atoms with van der Waals surface area (Å²) in [5.74, 6) is -0.0758. The van der Waals surface area contributed by atoms with Crippen LogP contribution in [0.5, 0.6) is 5.75 Å². The van der Waals surface area contributed by atoms with Gasteiger partial charge in [0.1, 0.15) is 5.56 Å². The SMILES string of the molecule is COc1cc(-c2onc(N(C)C)c2C(=O)NCC2CCCCO2)ccc1F. The Hall–Kier alpha value is -2.61. The molecule has 2 aromatic rings. The normalized spacial score (nSPS) is 16.8. The number of rotatable bonds is 6. The fourth-order valence-electron chi connectivity index (χ4n) is 3.05. The van der Waals surface area contributed by atoms with Gasteiger partial charge in [-0.25, -0.2) is 4.39 Å². The molecular weight excluding hydrogens is 353 g/mol. The van der Waals surface area contributed by atoms with E-state index >= 15 is 0 Å². The highest BCUT2D eigenvalue weighted by Crippen LogP contribution is 2.33. The van der Waals surface area contributed by atoms with Crippen LogP contribution in [0.3, 0.4) is 0 Å². The highest BCUT2D eigenvalue weighted by atomic mass is 19.1. The number of benzene rings is 1. The summed E-state index contributed by atoms with van der Waals surface area (Å²) in [7, 11) is 4.92. The minimum Gasteiger partial charge on any atom is -0.494 e. The molecule has 1 aromatic carbocycles. The molecule has 1 atom stereocenters. The molecule has 1 unspecified atom stereocenters. The van der Waals surface area contributed by atoms with Gasteiger partial charge in [0.15, 0.2) is 23.1 Å². The molecule has 3 rings (SSSR count). The van der Waals surface area contributed by atoms with Crippen LogP contribution in [-0.2, 0) is 4.74 Å². The summed E-state index contributed by atoms with van der Waals surface area (Å²) in [6.45, 7) is 1.14. The number of nitrogens with one attached hydrogen (secondary N) is 1. The summed E-state index contributed by atoms with van der Waals surface area (Å²) in [5.41, 5.74) is 0.803. The van der Waals surface area contributed by atoms with E-state index in [1.165, 1.54) is 25.3 Å². The van der Waals surface area contributed by atoms with Crippen molar-refractivity contribution in [3.63, 3.8) is 0 Å². The number of methoxy groups -OCH3 is 1.